The third kappa shape index (κ3) is 2.54. The molecule has 16 heavy (non-hydrogen) atoms. The van der Waals surface area contributed by atoms with Gasteiger partial charge in [0.2, 0.25) is 0 Å². The molecular formula is C12H18ClN3. The van der Waals surface area contributed by atoms with Gasteiger partial charge in [0.1, 0.15) is 5.15 Å². The third-order valence-electron chi connectivity index (χ3n) is 3.20. The number of aromatic nitrogens is 1. The minimum atomic E-state index is 0.542. The van der Waals surface area contributed by atoms with Crippen LogP contribution in [-0.4, -0.2) is 35.1 Å². The molecule has 2 atom stereocenters. The predicted molar refractivity (Wildman–Crippen MR) is 66.6 cm³/mol. The van der Waals surface area contributed by atoms with Crippen LogP contribution in [0.25, 0.3) is 0 Å². The van der Waals surface area contributed by atoms with Crippen LogP contribution in [0.15, 0.2) is 18.3 Å². The van der Waals surface area contributed by atoms with Crippen molar-refractivity contribution in [3.63, 3.8) is 0 Å². The van der Waals surface area contributed by atoms with Crippen molar-refractivity contribution in [3.05, 3.63) is 29.0 Å². The number of pyridine rings is 1. The highest BCUT2D eigenvalue weighted by Crippen LogP contribution is 2.18. The summed E-state index contributed by atoms with van der Waals surface area (Å²) in [5.74, 6) is 0. The molecule has 0 aromatic carbocycles. The Hall–Kier alpha value is -0.640. The van der Waals surface area contributed by atoms with Crippen molar-refractivity contribution in [3.8, 4) is 0 Å². The Labute approximate surface area is 102 Å². The topological polar surface area (TPSA) is 28.2 Å². The van der Waals surface area contributed by atoms with Gasteiger partial charge in [-0.3, -0.25) is 4.90 Å². The molecule has 1 N–H and O–H groups in total. The highest BCUT2D eigenvalue weighted by molar-refractivity contribution is 6.30. The SMILES string of the molecule is CC1CNCC(C)N1Cc1cccnc1Cl. The molecule has 0 bridgehead atoms. The molecular weight excluding hydrogens is 222 g/mol. The Bertz CT molecular complexity index is 346. The molecule has 88 valence electrons. The number of hydrogen-bond donors (Lipinski definition) is 1. The van der Waals surface area contributed by atoms with Crippen LogP contribution in [0.2, 0.25) is 5.15 Å². The van der Waals surface area contributed by atoms with E-state index in [9.17, 15) is 0 Å². The molecule has 2 rings (SSSR count). The first-order valence-electron chi connectivity index (χ1n) is 5.74. The first-order valence-corrected chi connectivity index (χ1v) is 6.12. The van der Waals surface area contributed by atoms with E-state index in [1.54, 1.807) is 6.20 Å². The van der Waals surface area contributed by atoms with Crippen LogP contribution in [0.3, 0.4) is 0 Å². The standard InChI is InChI=1S/C12H18ClN3/c1-9-6-14-7-10(2)16(9)8-11-4-3-5-15-12(11)13/h3-5,9-10,14H,6-8H2,1-2H3. The Morgan fingerprint density at radius 2 is 2.12 bits per heavy atom. The first kappa shape index (κ1) is 11.8. The van der Waals surface area contributed by atoms with E-state index in [1.807, 2.05) is 6.07 Å². The van der Waals surface area contributed by atoms with E-state index >= 15 is 0 Å². The normalized spacial score (nSPS) is 26.9. The molecule has 0 saturated carbocycles. The molecule has 1 aromatic rings. The minimum Gasteiger partial charge on any atom is -0.314 e. The molecule has 0 spiro atoms. The smallest absolute Gasteiger partial charge is 0.133 e. The zero-order valence-electron chi connectivity index (χ0n) is 9.78. The lowest BCUT2D eigenvalue weighted by Gasteiger charge is -2.39. The number of nitrogens with one attached hydrogen (secondary N) is 1. The Balaban J connectivity index is 2.11. The molecule has 0 amide bonds. The zero-order valence-corrected chi connectivity index (χ0v) is 10.5. The van der Waals surface area contributed by atoms with Crippen molar-refractivity contribution < 1.29 is 0 Å². The van der Waals surface area contributed by atoms with Crippen molar-refractivity contribution in [2.24, 2.45) is 0 Å². The molecule has 1 fully saturated rings. The summed E-state index contributed by atoms with van der Waals surface area (Å²) in [6.45, 7) is 7.46. The van der Waals surface area contributed by atoms with Crippen LogP contribution in [0, 0.1) is 0 Å². The largest absolute Gasteiger partial charge is 0.314 e. The first-order chi connectivity index (χ1) is 7.68. The van der Waals surface area contributed by atoms with Gasteiger partial charge in [-0.05, 0) is 19.9 Å². The molecule has 1 saturated heterocycles. The lowest BCUT2D eigenvalue weighted by molar-refractivity contribution is 0.108. The number of nitrogens with zero attached hydrogens (tertiary/aromatic N) is 2. The van der Waals surface area contributed by atoms with Gasteiger partial charge in [-0.2, -0.15) is 0 Å². The molecule has 4 heteroatoms. The highest BCUT2D eigenvalue weighted by Gasteiger charge is 2.24. The van der Waals surface area contributed by atoms with Crippen molar-refractivity contribution in [2.45, 2.75) is 32.5 Å². The van der Waals surface area contributed by atoms with Gasteiger partial charge in [0.15, 0.2) is 0 Å². The second-order valence-electron chi connectivity index (χ2n) is 4.48. The van der Waals surface area contributed by atoms with Crippen LogP contribution < -0.4 is 5.32 Å². The van der Waals surface area contributed by atoms with Gasteiger partial charge in [-0.15, -0.1) is 0 Å². The lowest BCUT2D eigenvalue weighted by atomic mass is 10.1. The summed E-state index contributed by atoms with van der Waals surface area (Å²) in [7, 11) is 0. The molecule has 0 aliphatic carbocycles. The van der Waals surface area contributed by atoms with E-state index in [2.05, 4.69) is 35.1 Å². The molecule has 1 aromatic heterocycles. The maximum absolute atomic E-state index is 6.09. The summed E-state index contributed by atoms with van der Waals surface area (Å²) < 4.78 is 0. The van der Waals surface area contributed by atoms with Crippen LogP contribution >= 0.6 is 11.6 Å². The van der Waals surface area contributed by atoms with Crippen molar-refractivity contribution in [1.82, 2.24) is 15.2 Å². The van der Waals surface area contributed by atoms with E-state index in [-0.39, 0.29) is 0 Å². The van der Waals surface area contributed by atoms with Gasteiger partial charge < -0.3 is 5.32 Å². The summed E-state index contributed by atoms with van der Waals surface area (Å²) in [5.41, 5.74) is 1.12. The second-order valence-corrected chi connectivity index (χ2v) is 4.84. The monoisotopic (exact) mass is 239 g/mol. The van der Waals surface area contributed by atoms with Gasteiger partial charge in [0, 0.05) is 43.5 Å². The number of rotatable bonds is 2. The maximum Gasteiger partial charge on any atom is 0.133 e. The average molecular weight is 240 g/mol. The predicted octanol–water partition coefficient (Wildman–Crippen LogP) is 1.92. The van der Waals surface area contributed by atoms with Crippen molar-refractivity contribution >= 4 is 11.6 Å². The summed E-state index contributed by atoms with van der Waals surface area (Å²) in [5, 5.41) is 4.05. The Morgan fingerprint density at radius 3 is 2.75 bits per heavy atom. The van der Waals surface area contributed by atoms with Gasteiger partial charge >= 0.3 is 0 Å². The molecule has 2 heterocycles. The number of hydrogen-bond acceptors (Lipinski definition) is 3. The zero-order chi connectivity index (χ0) is 11.5. The fourth-order valence-electron chi connectivity index (χ4n) is 2.22. The van der Waals surface area contributed by atoms with Crippen molar-refractivity contribution in [1.29, 1.82) is 0 Å². The Morgan fingerprint density at radius 1 is 1.44 bits per heavy atom. The quantitative estimate of drug-likeness (QED) is 0.800. The van der Waals surface area contributed by atoms with Crippen LogP contribution in [-0.2, 0) is 6.54 Å². The fourth-order valence-corrected chi connectivity index (χ4v) is 2.39. The van der Waals surface area contributed by atoms with Crippen LogP contribution in [0.5, 0.6) is 0 Å². The molecule has 1 aliphatic heterocycles. The van der Waals surface area contributed by atoms with E-state index < -0.39 is 0 Å². The number of halogens is 1. The summed E-state index contributed by atoms with van der Waals surface area (Å²) in [4.78, 5) is 6.59. The van der Waals surface area contributed by atoms with Gasteiger partial charge in [0.05, 0.1) is 0 Å². The second kappa shape index (κ2) is 5.13. The molecule has 1 aliphatic rings. The van der Waals surface area contributed by atoms with Gasteiger partial charge in [-0.25, -0.2) is 4.98 Å². The molecule has 3 nitrogen and oxygen atoms in total. The molecule has 2 unspecified atom stereocenters. The lowest BCUT2D eigenvalue weighted by Crippen LogP contribution is -2.54. The van der Waals surface area contributed by atoms with Gasteiger partial charge in [0.25, 0.3) is 0 Å². The van der Waals surface area contributed by atoms with E-state index in [1.165, 1.54) is 0 Å². The maximum atomic E-state index is 6.09. The highest BCUT2D eigenvalue weighted by atomic mass is 35.5. The van der Waals surface area contributed by atoms with E-state index in [4.69, 9.17) is 11.6 Å². The van der Waals surface area contributed by atoms with Crippen LogP contribution in [0.4, 0.5) is 0 Å². The van der Waals surface area contributed by atoms with E-state index in [0.29, 0.717) is 17.2 Å². The average Bonchev–Trinajstić information content (AvgIpc) is 2.26. The van der Waals surface area contributed by atoms with Crippen LogP contribution in [0.1, 0.15) is 19.4 Å². The third-order valence-corrected chi connectivity index (χ3v) is 3.54. The van der Waals surface area contributed by atoms with E-state index in [0.717, 1.165) is 25.2 Å². The fraction of sp³-hybridized carbons (Fsp3) is 0.583. The summed E-state index contributed by atoms with van der Waals surface area (Å²) in [6.07, 6.45) is 1.73. The van der Waals surface area contributed by atoms with Crippen molar-refractivity contribution in [2.75, 3.05) is 13.1 Å². The summed E-state index contributed by atoms with van der Waals surface area (Å²) >= 11 is 6.09. The summed E-state index contributed by atoms with van der Waals surface area (Å²) in [6, 6.07) is 5.08. The minimum absolute atomic E-state index is 0.542. The van der Waals surface area contributed by atoms with Gasteiger partial charge in [-0.1, -0.05) is 17.7 Å². The Kier molecular flexibility index (Phi) is 3.79. The number of piperazine rings is 1. The molecule has 0 radical (unpaired) electrons.